The Morgan fingerprint density at radius 3 is 2.32 bits per heavy atom. The summed E-state index contributed by atoms with van der Waals surface area (Å²) in [7, 11) is 0. The lowest BCUT2D eigenvalue weighted by Crippen LogP contribution is -1.87. The average molecular weight is 331 g/mol. The van der Waals surface area contributed by atoms with Crippen LogP contribution in [0.25, 0.3) is 11.1 Å². The molecule has 0 atom stereocenters. The maximum atomic E-state index is 8.76. The number of rotatable bonds is 2. The summed E-state index contributed by atoms with van der Waals surface area (Å²) in [6, 6.07) is 10.7. The van der Waals surface area contributed by atoms with Crippen LogP contribution in [-0.4, -0.2) is 0 Å². The van der Waals surface area contributed by atoms with Gasteiger partial charge < -0.3 is 0 Å². The van der Waals surface area contributed by atoms with Gasteiger partial charge in [-0.2, -0.15) is 5.26 Å². The number of nitriles is 1. The highest BCUT2D eigenvalue weighted by atomic mass is 35.5. The van der Waals surface area contributed by atoms with Crippen LogP contribution in [0.5, 0.6) is 0 Å². The summed E-state index contributed by atoms with van der Waals surface area (Å²) < 4.78 is 0. The van der Waals surface area contributed by atoms with Gasteiger partial charge in [0.25, 0.3) is 0 Å². The Balaban J connectivity index is 2.66. The van der Waals surface area contributed by atoms with E-state index in [0.29, 0.717) is 25.7 Å². The van der Waals surface area contributed by atoms with E-state index in [1.165, 1.54) is 0 Å². The van der Waals surface area contributed by atoms with Crippen molar-refractivity contribution in [2.75, 3.05) is 0 Å². The Hall–Kier alpha value is -0.910. The van der Waals surface area contributed by atoms with Crippen molar-refractivity contribution in [1.29, 1.82) is 5.26 Å². The minimum absolute atomic E-state index is 0.267. The SMILES string of the molecule is N#CCc1cc(Cl)cc(-c2c(Cl)ccc(Cl)c2Cl)c1. The molecule has 0 saturated heterocycles. The van der Waals surface area contributed by atoms with Crippen molar-refractivity contribution in [3.8, 4) is 17.2 Å². The summed E-state index contributed by atoms with van der Waals surface area (Å²) in [6.07, 6.45) is 0.267. The number of hydrogen-bond acceptors (Lipinski definition) is 1. The first kappa shape index (κ1) is 14.5. The molecule has 2 aromatic carbocycles. The lowest BCUT2D eigenvalue weighted by Gasteiger charge is -2.10. The van der Waals surface area contributed by atoms with Gasteiger partial charge in [0, 0.05) is 15.6 Å². The fourth-order valence-corrected chi connectivity index (χ4v) is 2.78. The molecule has 0 aliphatic carbocycles. The van der Waals surface area contributed by atoms with Gasteiger partial charge in [-0.25, -0.2) is 0 Å². The third kappa shape index (κ3) is 3.16. The molecule has 0 aliphatic heterocycles. The van der Waals surface area contributed by atoms with Gasteiger partial charge in [-0.3, -0.25) is 0 Å². The normalized spacial score (nSPS) is 10.3. The zero-order valence-corrected chi connectivity index (χ0v) is 12.6. The Morgan fingerprint density at radius 2 is 1.63 bits per heavy atom. The van der Waals surface area contributed by atoms with Crippen molar-refractivity contribution in [1.82, 2.24) is 0 Å². The van der Waals surface area contributed by atoms with E-state index in [9.17, 15) is 0 Å². The van der Waals surface area contributed by atoms with E-state index in [2.05, 4.69) is 6.07 Å². The van der Waals surface area contributed by atoms with E-state index in [-0.39, 0.29) is 6.42 Å². The molecule has 2 rings (SSSR count). The predicted octanol–water partition coefficient (Wildman–Crippen LogP) is 6.03. The predicted molar refractivity (Wildman–Crippen MR) is 81.2 cm³/mol. The van der Waals surface area contributed by atoms with Gasteiger partial charge in [-0.15, -0.1) is 0 Å². The molecule has 5 heteroatoms. The van der Waals surface area contributed by atoms with Gasteiger partial charge in [0.05, 0.1) is 22.5 Å². The van der Waals surface area contributed by atoms with Crippen molar-refractivity contribution < 1.29 is 0 Å². The zero-order chi connectivity index (χ0) is 14.0. The molecule has 0 radical (unpaired) electrons. The molecule has 0 aliphatic rings. The van der Waals surface area contributed by atoms with Gasteiger partial charge in [0.2, 0.25) is 0 Å². The second kappa shape index (κ2) is 6.03. The van der Waals surface area contributed by atoms with Crippen molar-refractivity contribution in [2.24, 2.45) is 0 Å². The molecule has 0 aromatic heterocycles. The minimum atomic E-state index is 0.267. The molecule has 0 heterocycles. The largest absolute Gasteiger partial charge is 0.198 e. The first-order valence-electron chi connectivity index (χ1n) is 5.33. The first-order valence-corrected chi connectivity index (χ1v) is 6.84. The highest BCUT2D eigenvalue weighted by Crippen LogP contribution is 2.40. The van der Waals surface area contributed by atoms with Gasteiger partial charge in [0.1, 0.15) is 0 Å². The summed E-state index contributed by atoms with van der Waals surface area (Å²) in [5.41, 5.74) is 2.17. The molecule has 0 saturated carbocycles. The van der Waals surface area contributed by atoms with Crippen molar-refractivity contribution in [3.63, 3.8) is 0 Å². The molecule has 0 bridgehead atoms. The fraction of sp³-hybridized carbons (Fsp3) is 0.0714. The Kier molecular flexibility index (Phi) is 4.60. The van der Waals surface area contributed by atoms with Gasteiger partial charge in [-0.05, 0) is 41.5 Å². The van der Waals surface area contributed by atoms with Crippen LogP contribution in [0.4, 0.5) is 0 Å². The Morgan fingerprint density at radius 1 is 0.947 bits per heavy atom. The summed E-state index contributed by atoms with van der Waals surface area (Å²) in [5.74, 6) is 0. The third-order valence-corrected chi connectivity index (χ3v) is 3.91. The second-order valence-electron chi connectivity index (χ2n) is 3.90. The van der Waals surface area contributed by atoms with Crippen LogP contribution in [0.1, 0.15) is 5.56 Å². The van der Waals surface area contributed by atoms with Crippen LogP contribution >= 0.6 is 46.4 Å². The Labute approximate surface area is 131 Å². The molecule has 2 aromatic rings. The second-order valence-corrected chi connectivity index (χ2v) is 5.53. The maximum absolute atomic E-state index is 8.76. The van der Waals surface area contributed by atoms with Crippen molar-refractivity contribution in [3.05, 3.63) is 56.0 Å². The lowest BCUT2D eigenvalue weighted by atomic mass is 10.0. The monoisotopic (exact) mass is 329 g/mol. The molecule has 1 nitrogen and oxygen atoms in total. The Bertz CT molecular complexity index is 674. The summed E-state index contributed by atoms with van der Waals surface area (Å²) >= 11 is 24.4. The van der Waals surface area contributed by atoms with E-state index in [4.69, 9.17) is 51.7 Å². The topological polar surface area (TPSA) is 23.8 Å². The van der Waals surface area contributed by atoms with E-state index >= 15 is 0 Å². The van der Waals surface area contributed by atoms with Gasteiger partial charge in [0.15, 0.2) is 0 Å². The number of nitrogens with zero attached hydrogens (tertiary/aromatic N) is 1. The van der Waals surface area contributed by atoms with Gasteiger partial charge >= 0.3 is 0 Å². The molecule has 0 N–H and O–H groups in total. The van der Waals surface area contributed by atoms with Crippen LogP contribution in [0.15, 0.2) is 30.3 Å². The van der Waals surface area contributed by atoms with Crippen LogP contribution in [0.2, 0.25) is 20.1 Å². The minimum Gasteiger partial charge on any atom is -0.198 e. The molecule has 0 amide bonds. The van der Waals surface area contributed by atoms with Crippen LogP contribution in [0.3, 0.4) is 0 Å². The smallest absolute Gasteiger partial charge is 0.0685 e. The average Bonchev–Trinajstić information content (AvgIpc) is 2.34. The van der Waals surface area contributed by atoms with Crippen LogP contribution in [-0.2, 0) is 6.42 Å². The van der Waals surface area contributed by atoms with Crippen molar-refractivity contribution in [2.45, 2.75) is 6.42 Å². The number of hydrogen-bond donors (Lipinski definition) is 0. The molecular weight excluding hydrogens is 324 g/mol. The molecule has 0 spiro atoms. The summed E-state index contributed by atoms with van der Waals surface area (Å²) in [6.45, 7) is 0. The third-order valence-electron chi connectivity index (χ3n) is 2.57. The van der Waals surface area contributed by atoms with Crippen LogP contribution < -0.4 is 0 Å². The molecule has 96 valence electrons. The zero-order valence-electron chi connectivity index (χ0n) is 9.55. The van der Waals surface area contributed by atoms with Crippen molar-refractivity contribution >= 4 is 46.4 Å². The summed E-state index contributed by atoms with van der Waals surface area (Å²) in [5, 5.41) is 10.6. The summed E-state index contributed by atoms with van der Waals surface area (Å²) in [4.78, 5) is 0. The number of benzene rings is 2. The fourth-order valence-electron chi connectivity index (χ4n) is 1.78. The van der Waals surface area contributed by atoms with E-state index in [1.807, 2.05) is 6.07 Å². The van der Waals surface area contributed by atoms with E-state index < -0.39 is 0 Å². The first-order chi connectivity index (χ1) is 9.02. The highest BCUT2D eigenvalue weighted by Gasteiger charge is 2.13. The molecule has 0 fully saturated rings. The maximum Gasteiger partial charge on any atom is 0.0685 e. The molecule has 19 heavy (non-hydrogen) atoms. The molecule has 0 unspecified atom stereocenters. The lowest BCUT2D eigenvalue weighted by molar-refractivity contribution is 1.26. The standard InChI is InChI=1S/C14H7Cl4N/c15-10-6-8(3-4-19)5-9(7-10)13-11(16)1-2-12(17)14(13)18/h1-2,5-7H,3H2. The van der Waals surface area contributed by atoms with E-state index in [0.717, 1.165) is 11.1 Å². The van der Waals surface area contributed by atoms with E-state index in [1.54, 1.807) is 24.3 Å². The quantitative estimate of drug-likeness (QED) is 0.616. The number of halogens is 4. The van der Waals surface area contributed by atoms with Crippen LogP contribution in [0, 0.1) is 11.3 Å². The van der Waals surface area contributed by atoms with Gasteiger partial charge in [-0.1, -0.05) is 46.4 Å². The molecular formula is C14H7Cl4N. The highest BCUT2D eigenvalue weighted by molar-refractivity contribution is 6.46.